The van der Waals surface area contributed by atoms with E-state index in [1.807, 2.05) is 36.1 Å². The summed E-state index contributed by atoms with van der Waals surface area (Å²) in [6.07, 6.45) is 7.82. The lowest BCUT2D eigenvalue weighted by molar-refractivity contribution is -0.136. The van der Waals surface area contributed by atoms with Crippen LogP contribution in [0.15, 0.2) is 41.2 Å². The van der Waals surface area contributed by atoms with Gasteiger partial charge in [-0.25, -0.2) is 9.97 Å². The summed E-state index contributed by atoms with van der Waals surface area (Å²) in [5.41, 5.74) is 1.71. The van der Waals surface area contributed by atoms with Crippen LogP contribution in [-0.2, 0) is 16.6 Å². The molecule has 0 spiro atoms. The number of carbonyl (C=O) groups is 1. The Morgan fingerprint density at radius 1 is 1.16 bits per heavy atom. The molecule has 38 heavy (non-hydrogen) atoms. The van der Waals surface area contributed by atoms with Gasteiger partial charge in [0.05, 0.1) is 12.2 Å². The molecule has 1 fully saturated rings. The van der Waals surface area contributed by atoms with Gasteiger partial charge in [0, 0.05) is 47.9 Å². The molecular weight excluding hydrogens is 482 g/mol. The first-order valence-corrected chi connectivity index (χ1v) is 13.5. The predicted octanol–water partition coefficient (Wildman–Crippen LogP) is 5.13. The SMILES string of the molecule is CCOc1ncc(-c2cccc(N(CCCCCc3nc(C(C)(C)C)no3)C(=O)C3CC(C)(O)C3)c2)cn1. The van der Waals surface area contributed by atoms with Crippen molar-refractivity contribution >= 4 is 11.6 Å². The number of anilines is 1. The smallest absolute Gasteiger partial charge is 0.316 e. The predicted molar refractivity (Wildman–Crippen MR) is 145 cm³/mol. The molecular formula is C29H39N5O4. The number of amides is 1. The third kappa shape index (κ3) is 6.95. The summed E-state index contributed by atoms with van der Waals surface area (Å²) in [5.74, 6) is 1.27. The zero-order valence-corrected chi connectivity index (χ0v) is 23.1. The molecule has 9 heteroatoms. The first-order valence-electron chi connectivity index (χ1n) is 13.5. The maximum absolute atomic E-state index is 13.5. The van der Waals surface area contributed by atoms with E-state index in [1.54, 1.807) is 19.3 Å². The highest BCUT2D eigenvalue weighted by atomic mass is 16.5. The Morgan fingerprint density at radius 3 is 2.53 bits per heavy atom. The van der Waals surface area contributed by atoms with Gasteiger partial charge in [-0.3, -0.25) is 4.79 Å². The second-order valence-electron chi connectivity index (χ2n) is 11.4. The Morgan fingerprint density at radius 2 is 1.89 bits per heavy atom. The minimum atomic E-state index is -0.760. The number of nitrogens with zero attached hydrogens (tertiary/aromatic N) is 5. The number of hydrogen-bond acceptors (Lipinski definition) is 8. The van der Waals surface area contributed by atoms with Gasteiger partial charge < -0.3 is 19.3 Å². The third-order valence-electron chi connectivity index (χ3n) is 6.79. The molecule has 0 unspecified atom stereocenters. The molecule has 1 amide bonds. The van der Waals surface area contributed by atoms with Crippen molar-refractivity contribution in [1.82, 2.24) is 20.1 Å². The highest BCUT2D eigenvalue weighted by Gasteiger charge is 2.44. The maximum Gasteiger partial charge on any atom is 0.316 e. The maximum atomic E-state index is 13.5. The first kappa shape index (κ1) is 27.7. The second-order valence-corrected chi connectivity index (χ2v) is 11.4. The van der Waals surface area contributed by atoms with Crippen molar-refractivity contribution in [3.8, 4) is 17.1 Å². The minimum absolute atomic E-state index is 0.0586. The molecule has 1 N–H and O–H groups in total. The summed E-state index contributed by atoms with van der Waals surface area (Å²) in [6.45, 7) is 11.0. The molecule has 0 saturated heterocycles. The van der Waals surface area contributed by atoms with E-state index in [9.17, 15) is 9.90 Å². The Balaban J connectivity index is 1.42. The Hall–Kier alpha value is -3.33. The third-order valence-corrected chi connectivity index (χ3v) is 6.79. The number of aliphatic hydroxyl groups is 1. The van der Waals surface area contributed by atoms with Gasteiger partial charge in [-0.15, -0.1) is 0 Å². The molecule has 0 bridgehead atoms. The van der Waals surface area contributed by atoms with Crippen molar-refractivity contribution < 1.29 is 19.2 Å². The fourth-order valence-corrected chi connectivity index (χ4v) is 4.67. The average Bonchev–Trinajstić information content (AvgIpc) is 3.35. The quantitative estimate of drug-likeness (QED) is 0.345. The lowest BCUT2D eigenvalue weighted by atomic mass is 9.71. The molecule has 1 aliphatic rings. The molecule has 4 rings (SSSR count). The summed E-state index contributed by atoms with van der Waals surface area (Å²) in [6, 6.07) is 8.23. The molecule has 1 saturated carbocycles. The molecule has 1 aromatic carbocycles. The molecule has 3 aromatic rings. The van der Waals surface area contributed by atoms with Crippen LogP contribution in [-0.4, -0.2) is 49.9 Å². The second kappa shape index (κ2) is 11.6. The normalized spacial score (nSPS) is 19.2. The largest absolute Gasteiger partial charge is 0.464 e. The number of hydrogen-bond donors (Lipinski definition) is 1. The van der Waals surface area contributed by atoms with Gasteiger partial charge in [0.15, 0.2) is 5.82 Å². The summed E-state index contributed by atoms with van der Waals surface area (Å²) in [5, 5.41) is 14.3. The van der Waals surface area contributed by atoms with Crippen molar-refractivity contribution in [2.75, 3.05) is 18.1 Å². The van der Waals surface area contributed by atoms with Crippen molar-refractivity contribution in [3.63, 3.8) is 0 Å². The van der Waals surface area contributed by atoms with Crippen LogP contribution in [0.3, 0.4) is 0 Å². The highest BCUT2D eigenvalue weighted by molar-refractivity contribution is 5.96. The van der Waals surface area contributed by atoms with Gasteiger partial charge >= 0.3 is 6.01 Å². The molecule has 0 atom stereocenters. The van der Waals surface area contributed by atoms with E-state index in [0.717, 1.165) is 48.3 Å². The zero-order valence-electron chi connectivity index (χ0n) is 23.1. The lowest BCUT2D eigenvalue weighted by Crippen LogP contribution is -2.50. The Bertz CT molecular complexity index is 1210. The van der Waals surface area contributed by atoms with Crippen LogP contribution >= 0.6 is 0 Å². The van der Waals surface area contributed by atoms with Gasteiger partial charge in [-0.2, -0.15) is 4.98 Å². The van der Waals surface area contributed by atoms with E-state index < -0.39 is 5.60 Å². The number of aromatic nitrogens is 4. The van der Waals surface area contributed by atoms with E-state index in [4.69, 9.17) is 9.26 Å². The van der Waals surface area contributed by atoms with Crippen LogP contribution in [0, 0.1) is 5.92 Å². The standard InChI is InChI=1S/C29H39N5O4/c1-6-37-27-30-18-22(19-31-27)20-11-10-12-23(15-20)34(25(35)21-16-29(5,36)17-21)14-9-7-8-13-24-32-26(33-38-24)28(2,3)4/h10-12,15,18-19,21,36H,6-9,13-14,16-17H2,1-5H3. The van der Waals surface area contributed by atoms with E-state index in [0.29, 0.717) is 37.9 Å². The van der Waals surface area contributed by atoms with Gasteiger partial charge in [0.2, 0.25) is 11.8 Å². The minimum Gasteiger partial charge on any atom is -0.464 e. The average molecular weight is 522 g/mol. The summed E-state index contributed by atoms with van der Waals surface area (Å²) < 4.78 is 10.8. The molecule has 1 aliphatic carbocycles. The van der Waals surface area contributed by atoms with E-state index in [-0.39, 0.29) is 17.2 Å². The van der Waals surface area contributed by atoms with Crippen LogP contribution in [0.1, 0.15) is 78.4 Å². The summed E-state index contributed by atoms with van der Waals surface area (Å²) >= 11 is 0. The van der Waals surface area contributed by atoms with Gasteiger partial charge in [0.1, 0.15) is 0 Å². The summed E-state index contributed by atoms with van der Waals surface area (Å²) in [7, 11) is 0. The van der Waals surface area contributed by atoms with Crippen LogP contribution < -0.4 is 9.64 Å². The van der Waals surface area contributed by atoms with E-state index in [1.165, 1.54) is 0 Å². The number of carbonyl (C=O) groups excluding carboxylic acids is 1. The number of ether oxygens (including phenoxy) is 1. The number of aryl methyl sites for hydroxylation is 1. The fraction of sp³-hybridized carbons (Fsp3) is 0.552. The number of rotatable bonds is 11. The van der Waals surface area contributed by atoms with Gasteiger partial charge in [0.25, 0.3) is 0 Å². The Kier molecular flexibility index (Phi) is 8.45. The topological polar surface area (TPSA) is 114 Å². The van der Waals surface area contributed by atoms with Crippen LogP contribution in [0.4, 0.5) is 5.69 Å². The first-order chi connectivity index (χ1) is 18.1. The van der Waals surface area contributed by atoms with Crippen molar-refractivity contribution in [2.24, 2.45) is 5.92 Å². The number of benzene rings is 1. The van der Waals surface area contributed by atoms with Crippen LogP contribution in [0.5, 0.6) is 6.01 Å². The molecule has 0 aliphatic heterocycles. The van der Waals surface area contributed by atoms with Gasteiger partial charge in [-0.1, -0.05) is 44.5 Å². The van der Waals surface area contributed by atoms with Crippen molar-refractivity contribution in [2.45, 2.75) is 84.2 Å². The van der Waals surface area contributed by atoms with Gasteiger partial charge in [-0.05, 0) is 57.2 Å². The van der Waals surface area contributed by atoms with Crippen molar-refractivity contribution in [1.29, 1.82) is 0 Å². The zero-order chi connectivity index (χ0) is 27.3. The lowest BCUT2D eigenvalue weighted by Gasteiger charge is -2.42. The molecule has 204 valence electrons. The summed E-state index contributed by atoms with van der Waals surface area (Å²) in [4.78, 5) is 28.4. The van der Waals surface area contributed by atoms with E-state index >= 15 is 0 Å². The van der Waals surface area contributed by atoms with Crippen molar-refractivity contribution in [3.05, 3.63) is 48.4 Å². The Labute approximate surface area is 224 Å². The van der Waals surface area contributed by atoms with Crippen LogP contribution in [0.25, 0.3) is 11.1 Å². The number of unbranched alkanes of at least 4 members (excludes halogenated alkanes) is 2. The van der Waals surface area contributed by atoms with E-state index in [2.05, 4.69) is 40.9 Å². The molecule has 0 radical (unpaired) electrons. The molecule has 2 heterocycles. The fourth-order valence-electron chi connectivity index (χ4n) is 4.67. The highest BCUT2D eigenvalue weighted by Crippen LogP contribution is 2.39. The van der Waals surface area contributed by atoms with Crippen LogP contribution in [0.2, 0.25) is 0 Å². The molecule has 9 nitrogen and oxygen atoms in total. The monoisotopic (exact) mass is 521 g/mol. The molecule has 2 aromatic heterocycles.